The van der Waals surface area contributed by atoms with Crippen LogP contribution in [0, 0.1) is 5.92 Å². The Morgan fingerprint density at radius 1 is 1.50 bits per heavy atom. The molecule has 1 aromatic rings. The van der Waals surface area contributed by atoms with E-state index in [2.05, 4.69) is 18.8 Å². The van der Waals surface area contributed by atoms with Gasteiger partial charge < -0.3 is 10.3 Å². The van der Waals surface area contributed by atoms with E-state index in [-0.39, 0.29) is 23.5 Å². The van der Waals surface area contributed by atoms with Crippen molar-refractivity contribution in [1.29, 1.82) is 0 Å². The molecule has 0 radical (unpaired) electrons. The summed E-state index contributed by atoms with van der Waals surface area (Å²) in [6.07, 6.45) is 4.90. The fraction of sp³-hybridized carbons (Fsp3) is 0.750. The van der Waals surface area contributed by atoms with Gasteiger partial charge >= 0.3 is 0 Å². The molecule has 1 aliphatic heterocycles. The lowest BCUT2D eigenvalue weighted by Gasteiger charge is -2.21. The Hall–Kier alpha value is -0.630. The summed E-state index contributed by atoms with van der Waals surface area (Å²) in [5, 5.41) is 0.133. The van der Waals surface area contributed by atoms with Crippen LogP contribution in [0.2, 0.25) is 0 Å². The Morgan fingerprint density at radius 3 is 2.80 bits per heavy atom. The van der Waals surface area contributed by atoms with Gasteiger partial charge in [0.25, 0.3) is 10.0 Å². The molecule has 0 spiro atoms. The molecular weight excluding hydrogens is 300 g/mol. The average molecular weight is 323 g/mol. The van der Waals surface area contributed by atoms with Gasteiger partial charge in [-0.1, -0.05) is 13.8 Å². The summed E-state index contributed by atoms with van der Waals surface area (Å²) in [5.41, 5.74) is 5.64. The number of hydrogen-bond acceptors (Lipinski definition) is 4. The molecule has 6 nitrogen and oxygen atoms in total. The Balaban J connectivity index is 0.00000200. The van der Waals surface area contributed by atoms with Crippen LogP contribution in [0.1, 0.15) is 26.7 Å². The highest BCUT2D eigenvalue weighted by Gasteiger charge is 2.35. The lowest BCUT2D eigenvalue weighted by Crippen LogP contribution is -2.40. The number of nitrogens with two attached hydrogens (primary N) is 1. The molecule has 2 rings (SSSR count). The highest BCUT2D eigenvalue weighted by Crippen LogP contribution is 2.24. The second-order valence-electron chi connectivity index (χ2n) is 5.45. The summed E-state index contributed by atoms with van der Waals surface area (Å²) in [7, 11) is -3.49. The smallest absolute Gasteiger partial charge is 0.262 e. The normalized spacial score (nSPS) is 20.3. The van der Waals surface area contributed by atoms with E-state index >= 15 is 0 Å². The molecule has 8 heteroatoms. The Morgan fingerprint density at radius 2 is 2.20 bits per heavy atom. The molecule has 1 aliphatic rings. The van der Waals surface area contributed by atoms with Crippen molar-refractivity contribution in [2.24, 2.45) is 11.7 Å². The minimum absolute atomic E-state index is 0. The molecule has 2 N–H and O–H groups in total. The van der Waals surface area contributed by atoms with Crippen LogP contribution in [0.3, 0.4) is 0 Å². The van der Waals surface area contributed by atoms with Crippen molar-refractivity contribution in [2.45, 2.75) is 44.3 Å². The summed E-state index contributed by atoms with van der Waals surface area (Å²) in [6.45, 7) is 5.84. The van der Waals surface area contributed by atoms with Gasteiger partial charge in [-0.2, -0.15) is 4.31 Å². The van der Waals surface area contributed by atoms with Gasteiger partial charge in [-0.3, -0.25) is 0 Å². The van der Waals surface area contributed by atoms with Gasteiger partial charge in [0.15, 0.2) is 5.03 Å². The van der Waals surface area contributed by atoms with Crippen molar-refractivity contribution in [1.82, 2.24) is 13.9 Å². The van der Waals surface area contributed by atoms with Crippen LogP contribution in [-0.2, 0) is 16.6 Å². The number of sulfonamides is 1. The number of imidazole rings is 1. The molecule has 1 unspecified atom stereocenters. The summed E-state index contributed by atoms with van der Waals surface area (Å²) < 4.78 is 28.3. The summed E-state index contributed by atoms with van der Waals surface area (Å²) in [6, 6.07) is -0.0831. The van der Waals surface area contributed by atoms with Crippen LogP contribution in [0.5, 0.6) is 0 Å². The SMILES string of the molecule is CC(C)Cn1cnc(S(=O)(=O)N2CCCC2CN)c1.Cl. The Bertz CT molecular complexity index is 529. The first-order valence-corrected chi connectivity index (χ1v) is 8.13. The van der Waals surface area contributed by atoms with Crippen molar-refractivity contribution in [3.63, 3.8) is 0 Å². The maximum atomic E-state index is 12.5. The fourth-order valence-electron chi connectivity index (χ4n) is 2.48. The first-order valence-electron chi connectivity index (χ1n) is 6.69. The highest BCUT2D eigenvalue weighted by atomic mass is 35.5. The monoisotopic (exact) mass is 322 g/mol. The number of aromatic nitrogens is 2. The maximum absolute atomic E-state index is 12.5. The van der Waals surface area contributed by atoms with Crippen LogP contribution >= 0.6 is 12.4 Å². The van der Waals surface area contributed by atoms with Gasteiger partial charge in [-0.15, -0.1) is 12.4 Å². The molecule has 1 atom stereocenters. The molecular formula is C12H23ClN4O2S. The van der Waals surface area contributed by atoms with Crippen molar-refractivity contribution in [3.8, 4) is 0 Å². The maximum Gasteiger partial charge on any atom is 0.262 e. The zero-order valence-electron chi connectivity index (χ0n) is 11.9. The number of rotatable bonds is 5. The molecule has 1 aromatic heterocycles. The molecule has 1 saturated heterocycles. The van der Waals surface area contributed by atoms with E-state index in [0.29, 0.717) is 19.0 Å². The van der Waals surface area contributed by atoms with Crippen LogP contribution in [0.4, 0.5) is 0 Å². The van der Waals surface area contributed by atoms with E-state index in [1.807, 2.05) is 4.57 Å². The van der Waals surface area contributed by atoms with Crippen molar-refractivity contribution < 1.29 is 8.42 Å². The van der Waals surface area contributed by atoms with Crippen LogP contribution in [0.25, 0.3) is 0 Å². The molecule has 0 aromatic carbocycles. The second kappa shape index (κ2) is 6.89. The number of hydrogen-bond donors (Lipinski definition) is 1. The third-order valence-electron chi connectivity index (χ3n) is 3.35. The topological polar surface area (TPSA) is 81.2 Å². The van der Waals surface area contributed by atoms with Gasteiger partial charge in [0.05, 0.1) is 6.33 Å². The van der Waals surface area contributed by atoms with Gasteiger partial charge in [0.1, 0.15) is 0 Å². The molecule has 1 fully saturated rings. The van der Waals surface area contributed by atoms with Gasteiger partial charge in [0.2, 0.25) is 0 Å². The van der Waals surface area contributed by atoms with E-state index in [4.69, 9.17) is 5.73 Å². The zero-order chi connectivity index (χ0) is 14.0. The molecule has 116 valence electrons. The first-order chi connectivity index (χ1) is 8.95. The molecule has 20 heavy (non-hydrogen) atoms. The molecule has 0 amide bonds. The van der Waals surface area contributed by atoms with E-state index in [1.165, 1.54) is 4.31 Å². The van der Waals surface area contributed by atoms with Gasteiger partial charge in [0, 0.05) is 31.9 Å². The lowest BCUT2D eigenvalue weighted by atomic mass is 10.2. The van der Waals surface area contributed by atoms with Crippen molar-refractivity contribution >= 4 is 22.4 Å². The number of nitrogens with zero attached hydrogens (tertiary/aromatic N) is 3. The fourth-order valence-corrected chi connectivity index (χ4v) is 4.12. The largest absolute Gasteiger partial charge is 0.336 e. The summed E-state index contributed by atoms with van der Waals surface area (Å²) >= 11 is 0. The summed E-state index contributed by atoms with van der Waals surface area (Å²) in [4.78, 5) is 4.05. The standard InChI is InChI=1S/C12H22N4O2S.ClH/c1-10(2)7-15-8-12(14-9-15)19(17,18)16-5-3-4-11(16)6-13;/h8-11H,3-7,13H2,1-2H3;1H. The molecule has 2 heterocycles. The molecule has 0 bridgehead atoms. The van der Waals surface area contributed by atoms with Crippen molar-refractivity contribution in [3.05, 3.63) is 12.5 Å². The lowest BCUT2D eigenvalue weighted by molar-refractivity contribution is 0.391. The molecule has 0 saturated carbocycles. The second-order valence-corrected chi connectivity index (χ2v) is 7.29. The first kappa shape index (κ1) is 17.4. The van der Waals surface area contributed by atoms with Crippen LogP contribution in [-0.4, -0.2) is 41.4 Å². The van der Waals surface area contributed by atoms with E-state index in [1.54, 1.807) is 12.5 Å². The predicted octanol–water partition coefficient (Wildman–Crippen LogP) is 1.07. The summed E-state index contributed by atoms with van der Waals surface area (Å²) in [5.74, 6) is 0.452. The Kier molecular flexibility index (Phi) is 6.00. The highest BCUT2D eigenvalue weighted by molar-refractivity contribution is 7.89. The minimum Gasteiger partial charge on any atom is -0.336 e. The van der Waals surface area contributed by atoms with Gasteiger partial charge in [-0.25, -0.2) is 13.4 Å². The zero-order valence-corrected chi connectivity index (χ0v) is 13.5. The van der Waals surface area contributed by atoms with Crippen molar-refractivity contribution in [2.75, 3.05) is 13.1 Å². The van der Waals surface area contributed by atoms with Gasteiger partial charge in [-0.05, 0) is 18.8 Å². The Labute approximate surface area is 126 Å². The average Bonchev–Trinajstić information content (AvgIpc) is 2.95. The predicted molar refractivity (Wildman–Crippen MR) is 80.3 cm³/mol. The third-order valence-corrected chi connectivity index (χ3v) is 5.19. The van der Waals surface area contributed by atoms with E-state index in [0.717, 1.165) is 19.4 Å². The van der Waals surface area contributed by atoms with E-state index in [9.17, 15) is 8.42 Å². The third kappa shape index (κ3) is 3.52. The molecule has 0 aliphatic carbocycles. The van der Waals surface area contributed by atoms with E-state index < -0.39 is 10.0 Å². The quantitative estimate of drug-likeness (QED) is 0.879. The number of halogens is 1. The van der Waals surface area contributed by atoms with Crippen LogP contribution in [0.15, 0.2) is 17.6 Å². The minimum atomic E-state index is -3.49. The van der Waals surface area contributed by atoms with Crippen LogP contribution < -0.4 is 5.73 Å².